The summed E-state index contributed by atoms with van der Waals surface area (Å²) < 4.78 is 5.72. The summed E-state index contributed by atoms with van der Waals surface area (Å²) in [4.78, 5) is 5.19. The summed E-state index contributed by atoms with van der Waals surface area (Å²) in [7, 11) is 0. The lowest BCUT2D eigenvalue weighted by Gasteiger charge is -2.20. The lowest BCUT2D eigenvalue weighted by Crippen LogP contribution is -2.28. The van der Waals surface area contributed by atoms with Crippen LogP contribution in [-0.2, 0) is 13.1 Å². The fourth-order valence-electron chi connectivity index (χ4n) is 4.08. The van der Waals surface area contributed by atoms with Crippen LogP contribution in [0, 0.1) is 18.8 Å². The molecule has 3 nitrogen and oxygen atoms in total. The molecule has 0 amide bonds. The van der Waals surface area contributed by atoms with Gasteiger partial charge in [0.15, 0.2) is 0 Å². The van der Waals surface area contributed by atoms with Crippen LogP contribution < -0.4 is 0 Å². The number of likely N-dealkylation sites (tertiary alicyclic amines) is 2. The van der Waals surface area contributed by atoms with Gasteiger partial charge in [-0.25, -0.2) is 0 Å². The smallest absolute Gasteiger partial charge is 0.118 e. The Morgan fingerprint density at radius 1 is 0.864 bits per heavy atom. The van der Waals surface area contributed by atoms with Crippen LogP contribution in [0.25, 0.3) is 0 Å². The maximum Gasteiger partial charge on any atom is 0.118 e. The Bertz CT molecular complexity index is 607. The normalized spacial score (nSPS) is 25.7. The van der Waals surface area contributed by atoms with Crippen molar-refractivity contribution < 1.29 is 4.42 Å². The monoisotopic (exact) mass is 296 g/mol. The SMILES string of the molecule is Cc1ccc(CN2CC3CN(Cc4ccccc4)CC3C2)o1. The fraction of sp³-hybridized carbons (Fsp3) is 0.474. The van der Waals surface area contributed by atoms with Crippen LogP contribution in [0.5, 0.6) is 0 Å². The van der Waals surface area contributed by atoms with Crippen molar-refractivity contribution in [3.63, 3.8) is 0 Å². The quantitative estimate of drug-likeness (QED) is 0.864. The first-order chi connectivity index (χ1) is 10.8. The van der Waals surface area contributed by atoms with Crippen molar-refractivity contribution in [3.05, 3.63) is 59.5 Å². The van der Waals surface area contributed by atoms with Gasteiger partial charge in [0.25, 0.3) is 0 Å². The van der Waals surface area contributed by atoms with Crippen molar-refractivity contribution in [2.24, 2.45) is 11.8 Å². The molecule has 116 valence electrons. The number of hydrogen-bond donors (Lipinski definition) is 0. The molecule has 0 aliphatic carbocycles. The number of furan rings is 1. The van der Waals surface area contributed by atoms with E-state index in [1.54, 1.807) is 0 Å². The summed E-state index contributed by atoms with van der Waals surface area (Å²) in [6, 6.07) is 15.0. The topological polar surface area (TPSA) is 19.6 Å². The van der Waals surface area contributed by atoms with Crippen molar-refractivity contribution in [3.8, 4) is 0 Å². The molecule has 3 heteroatoms. The molecule has 0 bridgehead atoms. The molecule has 0 spiro atoms. The van der Waals surface area contributed by atoms with Gasteiger partial charge in [0.1, 0.15) is 11.5 Å². The molecule has 1 aromatic carbocycles. The maximum atomic E-state index is 5.72. The summed E-state index contributed by atoms with van der Waals surface area (Å²) in [6.45, 7) is 9.01. The van der Waals surface area contributed by atoms with Gasteiger partial charge in [-0.1, -0.05) is 30.3 Å². The molecule has 0 radical (unpaired) electrons. The van der Waals surface area contributed by atoms with Crippen LogP contribution in [0.2, 0.25) is 0 Å². The minimum absolute atomic E-state index is 0.833. The van der Waals surface area contributed by atoms with Gasteiger partial charge in [0.05, 0.1) is 6.54 Å². The van der Waals surface area contributed by atoms with Crippen LogP contribution in [-0.4, -0.2) is 36.0 Å². The van der Waals surface area contributed by atoms with E-state index in [2.05, 4.69) is 52.3 Å². The van der Waals surface area contributed by atoms with Crippen molar-refractivity contribution >= 4 is 0 Å². The first-order valence-electron chi connectivity index (χ1n) is 8.30. The molecular formula is C19H24N2O. The van der Waals surface area contributed by atoms with Crippen LogP contribution in [0.3, 0.4) is 0 Å². The maximum absolute atomic E-state index is 5.72. The van der Waals surface area contributed by atoms with Gasteiger partial charge in [-0.15, -0.1) is 0 Å². The average molecular weight is 296 g/mol. The summed E-state index contributed by atoms with van der Waals surface area (Å²) in [5.41, 5.74) is 1.44. The van der Waals surface area contributed by atoms with Gasteiger partial charge in [0.2, 0.25) is 0 Å². The van der Waals surface area contributed by atoms with E-state index >= 15 is 0 Å². The second-order valence-electron chi connectivity index (χ2n) is 6.91. The Morgan fingerprint density at radius 3 is 2.09 bits per heavy atom. The number of benzene rings is 1. The lowest BCUT2D eigenvalue weighted by atomic mass is 10.0. The van der Waals surface area contributed by atoms with Gasteiger partial charge in [-0.05, 0) is 36.5 Å². The van der Waals surface area contributed by atoms with Gasteiger partial charge >= 0.3 is 0 Å². The van der Waals surface area contributed by atoms with E-state index in [-0.39, 0.29) is 0 Å². The first-order valence-corrected chi connectivity index (χ1v) is 8.30. The fourth-order valence-corrected chi connectivity index (χ4v) is 4.08. The molecule has 4 rings (SSSR count). The van der Waals surface area contributed by atoms with E-state index in [4.69, 9.17) is 4.42 Å². The Balaban J connectivity index is 1.31. The highest BCUT2D eigenvalue weighted by molar-refractivity contribution is 5.15. The van der Waals surface area contributed by atoms with Gasteiger partial charge < -0.3 is 4.42 Å². The number of rotatable bonds is 4. The first kappa shape index (κ1) is 14.0. The highest BCUT2D eigenvalue weighted by Crippen LogP contribution is 2.32. The van der Waals surface area contributed by atoms with Crippen LogP contribution in [0.15, 0.2) is 46.9 Å². The number of hydrogen-bond acceptors (Lipinski definition) is 3. The summed E-state index contributed by atoms with van der Waals surface area (Å²) in [5, 5.41) is 0. The van der Waals surface area contributed by atoms with E-state index in [9.17, 15) is 0 Å². The van der Waals surface area contributed by atoms with E-state index in [1.165, 1.54) is 31.7 Å². The summed E-state index contributed by atoms with van der Waals surface area (Å²) in [6.07, 6.45) is 0. The predicted octanol–water partition coefficient (Wildman–Crippen LogP) is 3.15. The molecule has 2 aliphatic rings. The van der Waals surface area contributed by atoms with E-state index < -0.39 is 0 Å². The molecule has 2 atom stereocenters. The van der Waals surface area contributed by atoms with Crippen LogP contribution in [0.4, 0.5) is 0 Å². The van der Waals surface area contributed by atoms with Gasteiger partial charge in [-0.2, -0.15) is 0 Å². The Hall–Kier alpha value is -1.58. The number of aryl methyl sites for hydroxylation is 1. The third-order valence-electron chi connectivity index (χ3n) is 5.06. The van der Waals surface area contributed by atoms with Crippen molar-refractivity contribution in [2.45, 2.75) is 20.0 Å². The molecule has 2 unspecified atom stereocenters. The lowest BCUT2D eigenvalue weighted by molar-refractivity contribution is 0.234. The molecule has 0 N–H and O–H groups in total. The molecule has 2 aromatic rings. The van der Waals surface area contributed by atoms with Crippen molar-refractivity contribution in [1.82, 2.24) is 9.80 Å². The largest absolute Gasteiger partial charge is 0.465 e. The Kier molecular flexibility index (Phi) is 3.77. The Morgan fingerprint density at radius 2 is 1.50 bits per heavy atom. The Labute approximate surface area is 132 Å². The molecule has 0 saturated carbocycles. The predicted molar refractivity (Wildman–Crippen MR) is 87.4 cm³/mol. The molecule has 2 saturated heterocycles. The minimum atomic E-state index is 0.833. The molecular weight excluding hydrogens is 272 g/mol. The minimum Gasteiger partial charge on any atom is -0.465 e. The molecule has 1 aromatic heterocycles. The summed E-state index contributed by atoms with van der Waals surface area (Å²) in [5.74, 6) is 3.79. The zero-order valence-corrected chi connectivity index (χ0v) is 13.2. The van der Waals surface area contributed by atoms with E-state index in [0.717, 1.165) is 36.4 Å². The molecule has 2 aliphatic heterocycles. The molecule has 2 fully saturated rings. The highest BCUT2D eigenvalue weighted by Gasteiger charge is 2.39. The summed E-state index contributed by atoms with van der Waals surface area (Å²) >= 11 is 0. The number of fused-ring (bicyclic) bond motifs is 1. The van der Waals surface area contributed by atoms with E-state index in [0.29, 0.717) is 0 Å². The highest BCUT2D eigenvalue weighted by atomic mass is 16.3. The zero-order valence-electron chi connectivity index (χ0n) is 13.2. The van der Waals surface area contributed by atoms with Gasteiger partial charge in [0, 0.05) is 32.7 Å². The molecule has 3 heterocycles. The van der Waals surface area contributed by atoms with Crippen LogP contribution in [0.1, 0.15) is 17.1 Å². The van der Waals surface area contributed by atoms with Crippen molar-refractivity contribution in [1.29, 1.82) is 0 Å². The zero-order chi connectivity index (χ0) is 14.9. The third kappa shape index (κ3) is 2.96. The van der Waals surface area contributed by atoms with E-state index in [1.807, 2.05) is 6.92 Å². The van der Waals surface area contributed by atoms with Crippen molar-refractivity contribution in [2.75, 3.05) is 26.2 Å². The second-order valence-corrected chi connectivity index (χ2v) is 6.91. The second kappa shape index (κ2) is 5.90. The van der Waals surface area contributed by atoms with Gasteiger partial charge in [-0.3, -0.25) is 9.80 Å². The third-order valence-corrected chi connectivity index (χ3v) is 5.06. The van der Waals surface area contributed by atoms with Crippen LogP contribution >= 0.6 is 0 Å². The average Bonchev–Trinajstić information content (AvgIpc) is 3.16. The standard InChI is InChI=1S/C19H24N2O/c1-15-7-8-19(22-15)14-21-12-17-10-20(11-18(17)13-21)9-16-5-3-2-4-6-16/h2-8,17-18H,9-14H2,1H3. The molecule has 22 heavy (non-hydrogen) atoms. The number of nitrogens with zero attached hydrogens (tertiary/aromatic N) is 2.